The molecule has 4 rings (SSSR count). The number of urea groups is 2. The second-order valence-corrected chi connectivity index (χ2v) is 8.72. The van der Waals surface area contributed by atoms with E-state index < -0.39 is 23.7 Å². The fourth-order valence-electron chi connectivity index (χ4n) is 5.35. The molecule has 3 atom stereocenters. The van der Waals surface area contributed by atoms with Crippen LogP contribution in [0, 0.1) is 11.6 Å². The third kappa shape index (κ3) is 4.32. The van der Waals surface area contributed by atoms with Crippen molar-refractivity contribution in [2.45, 2.75) is 43.2 Å². The number of primary amides is 1. The van der Waals surface area contributed by atoms with Crippen LogP contribution in [-0.2, 0) is 5.41 Å². The highest BCUT2D eigenvalue weighted by Gasteiger charge is 2.53. The molecule has 4 amide bonds. The average Bonchev–Trinajstić information content (AvgIpc) is 3.21. The van der Waals surface area contributed by atoms with Crippen LogP contribution in [0.4, 0.5) is 24.1 Å². The summed E-state index contributed by atoms with van der Waals surface area (Å²) < 4.78 is 37.4. The fourth-order valence-corrected chi connectivity index (χ4v) is 5.35. The smallest absolute Gasteiger partial charge is 0.319 e. The number of nitrogens with two attached hydrogens (primary N) is 1. The van der Waals surface area contributed by atoms with E-state index in [1.165, 1.54) is 6.07 Å². The Morgan fingerprint density at radius 3 is 2.50 bits per heavy atom. The molecule has 2 fully saturated rings. The van der Waals surface area contributed by atoms with Gasteiger partial charge in [-0.15, -0.1) is 0 Å². The van der Waals surface area contributed by atoms with Crippen molar-refractivity contribution in [1.29, 1.82) is 0 Å². The standard InChI is InChI=1S/C24H28F2N4O4/c1-33-19-6-3-14(11-20(19)34-2)24-8-7-16(13-21(24)30(10-9-24)22(27)31)29-23(32)28-15-4-5-17(25)18(26)12-15/h3-6,11-12,16,21H,7-10,13H2,1-2H3,(H2,27,31)(H2,28,29,32). The second kappa shape index (κ2) is 9.36. The van der Waals surface area contributed by atoms with Crippen LogP contribution in [0.1, 0.15) is 31.2 Å². The molecule has 10 heteroatoms. The molecule has 1 saturated carbocycles. The van der Waals surface area contributed by atoms with Crippen LogP contribution in [0.25, 0.3) is 0 Å². The van der Waals surface area contributed by atoms with Gasteiger partial charge in [-0.1, -0.05) is 6.07 Å². The second-order valence-electron chi connectivity index (χ2n) is 8.72. The first-order valence-electron chi connectivity index (χ1n) is 11.1. The Morgan fingerprint density at radius 1 is 1.06 bits per heavy atom. The maximum atomic E-state index is 13.4. The molecule has 8 nitrogen and oxygen atoms in total. The number of nitrogens with zero attached hydrogens (tertiary/aromatic N) is 1. The molecule has 0 radical (unpaired) electrons. The SMILES string of the molecule is COc1ccc(C23CCC(NC(=O)Nc4ccc(F)c(F)c4)CC2N(C(N)=O)CC3)cc1OC. The molecule has 2 aromatic rings. The molecular weight excluding hydrogens is 446 g/mol. The zero-order valence-corrected chi connectivity index (χ0v) is 19.1. The summed E-state index contributed by atoms with van der Waals surface area (Å²) >= 11 is 0. The first-order valence-corrected chi connectivity index (χ1v) is 11.1. The van der Waals surface area contributed by atoms with E-state index in [-0.39, 0.29) is 23.2 Å². The highest BCUT2D eigenvalue weighted by molar-refractivity contribution is 5.89. The molecule has 1 aliphatic carbocycles. The molecule has 34 heavy (non-hydrogen) atoms. The van der Waals surface area contributed by atoms with Crippen molar-refractivity contribution in [2.75, 3.05) is 26.1 Å². The van der Waals surface area contributed by atoms with Gasteiger partial charge in [0.05, 0.1) is 14.2 Å². The van der Waals surface area contributed by atoms with Crippen molar-refractivity contribution in [2.24, 2.45) is 5.73 Å². The van der Waals surface area contributed by atoms with Crippen LogP contribution in [0.5, 0.6) is 11.5 Å². The van der Waals surface area contributed by atoms with Crippen LogP contribution >= 0.6 is 0 Å². The first kappa shape index (κ1) is 23.6. The van der Waals surface area contributed by atoms with E-state index in [9.17, 15) is 18.4 Å². The number of rotatable bonds is 5. The Balaban J connectivity index is 1.53. The van der Waals surface area contributed by atoms with Crippen LogP contribution in [0.3, 0.4) is 0 Å². The van der Waals surface area contributed by atoms with Gasteiger partial charge in [0.1, 0.15) is 0 Å². The Hall–Kier alpha value is -3.56. The lowest BCUT2D eigenvalue weighted by molar-refractivity contribution is 0.147. The number of methoxy groups -OCH3 is 2. The summed E-state index contributed by atoms with van der Waals surface area (Å²) in [5, 5.41) is 5.42. The minimum absolute atomic E-state index is 0.145. The monoisotopic (exact) mass is 474 g/mol. The minimum atomic E-state index is -1.04. The molecule has 2 aliphatic rings. The van der Waals surface area contributed by atoms with Gasteiger partial charge in [-0.3, -0.25) is 0 Å². The molecule has 3 unspecified atom stereocenters. The number of ether oxygens (including phenoxy) is 2. The lowest BCUT2D eigenvalue weighted by Gasteiger charge is -2.45. The van der Waals surface area contributed by atoms with E-state index >= 15 is 0 Å². The summed E-state index contributed by atoms with van der Waals surface area (Å²) in [6.07, 6.45) is 2.63. The Labute approximate surface area is 196 Å². The molecule has 2 aromatic carbocycles. The van der Waals surface area contributed by atoms with Crippen LogP contribution in [0.15, 0.2) is 36.4 Å². The van der Waals surface area contributed by atoms with Crippen molar-refractivity contribution in [3.63, 3.8) is 0 Å². The number of carbonyl (C=O) groups is 2. The molecule has 0 aromatic heterocycles. The fraction of sp³-hybridized carbons (Fsp3) is 0.417. The molecule has 1 aliphatic heterocycles. The van der Waals surface area contributed by atoms with E-state index in [2.05, 4.69) is 10.6 Å². The van der Waals surface area contributed by atoms with Crippen LogP contribution in [0.2, 0.25) is 0 Å². The number of carbonyl (C=O) groups excluding carboxylic acids is 2. The van der Waals surface area contributed by atoms with Crippen molar-refractivity contribution in [3.05, 3.63) is 53.6 Å². The molecule has 1 heterocycles. The highest BCUT2D eigenvalue weighted by atomic mass is 19.2. The predicted octanol–water partition coefficient (Wildman–Crippen LogP) is 3.75. The number of amides is 4. The van der Waals surface area contributed by atoms with E-state index in [1.807, 2.05) is 18.2 Å². The minimum Gasteiger partial charge on any atom is -0.493 e. The Morgan fingerprint density at radius 2 is 1.82 bits per heavy atom. The Bertz CT molecular complexity index is 1100. The summed E-state index contributed by atoms with van der Waals surface area (Å²) in [7, 11) is 3.15. The van der Waals surface area contributed by atoms with Crippen molar-refractivity contribution >= 4 is 17.7 Å². The quantitative estimate of drug-likeness (QED) is 0.614. The predicted molar refractivity (Wildman–Crippen MR) is 122 cm³/mol. The lowest BCUT2D eigenvalue weighted by atomic mass is 9.65. The van der Waals surface area contributed by atoms with E-state index in [4.69, 9.17) is 15.2 Å². The number of hydrogen-bond acceptors (Lipinski definition) is 4. The zero-order valence-electron chi connectivity index (χ0n) is 19.1. The first-order chi connectivity index (χ1) is 16.3. The van der Waals surface area contributed by atoms with E-state index in [0.29, 0.717) is 37.3 Å². The molecule has 1 saturated heterocycles. The average molecular weight is 475 g/mol. The van der Waals surface area contributed by atoms with Gasteiger partial charge in [-0.05, 0) is 55.5 Å². The third-order valence-electron chi connectivity index (χ3n) is 7.01. The van der Waals surface area contributed by atoms with Crippen LogP contribution < -0.4 is 25.8 Å². The van der Waals surface area contributed by atoms with E-state index in [1.54, 1.807) is 19.1 Å². The zero-order chi connectivity index (χ0) is 24.5. The van der Waals surface area contributed by atoms with Crippen molar-refractivity contribution in [1.82, 2.24) is 10.2 Å². The lowest BCUT2D eigenvalue weighted by Crippen LogP contribution is -2.54. The Kier molecular flexibility index (Phi) is 6.49. The number of hydrogen-bond donors (Lipinski definition) is 3. The number of benzene rings is 2. The number of halogens is 2. The summed E-state index contributed by atoms with van der Waals surface area (Å²) in [5.74, 6) is -0.805. The molecule has 182 valence electrons. The number of nitrogens with one attached hydrogen (secondary N) is 2. The molecule has 4 N–H and O–H groups in total. The summed E-state index contributed by atoms with van der Waals surface area (Å²) in [6.45, 7) is 0.516. The maximum absolute atomic E-state index is 13.4. The number of likely N-dealkylation sites (tertiary alicyclic amines) is 1. The van der Waals surface area contributed by atoms with Gasteiger partial charge in [-0.2, -0.15) is 0 Å². The van der Waals surface area contributed by atoms with Gasteiger partial charge in [0.25, 0.3) is 0 Å². The third-order valence-corrected chi connectivity index (χ3v) is 7.01. The molecule has 0 bridgehead atoms. The van der Waals surface area contributed by atoms with Gasteiger partial charge < -0.3 is 30.7 Å². The van der Waals surface area contributed by atoms with Crippen LogP contribution in [-0.4, -0.2) is 49.8 Å². The van der Waals surface area contributed by atoms with Gasteiger partial charge in [-0.25, -0.2) is 18.4 Å². The van der Waals surface area contributed by atoms with Crippen molar-refractivity contribution < 1.29 is 27.8 Å². The van der Waals surface area contributed by atoms with Gasteiger partial charge in [0.2, 0.25) is 0 Å². The normalized spacial score (nSPS) is 23.7. The highest BCUT2D eigenvalue weighted by Crippen LogP contribution is 2.50. The summed E-state index contributed by atoms with van der Waals surface area (Å²) in [4.78, 5) is 26.4. The van der Waals surface area contributed by atoms with Crippen molar-refractivity contribution in [3.8, 4) is 11.5 Å². The largest absolute Gasteiger partial charge is 0.493 e. The maximum Gasteiger partial charge on any atom is 0.319 e. The number of anilines is 1. The summed E-state index contributed by atoms with van der Waals surface area (Å²) in [6, 6.07) is 7.46. The summed E-state index contributed by atoms with van der Waals surface area (Å²) in [5.41, 5.74) is 6.54. The molecule has 0 spiro atoms. The van der Waals surface area contributed by atoms with Gasteiger partial charge >= 0.3 is 12.1 Å². The van der Waals surface area contributed by atoms with Gasteiger partial charge in [0.15, 0.2) is 23.1 Å². The number of fused-ring (bicyclic) bond motifs is 1. The van der Waals surface area contributed by atoms with E-state index in [0.717, 1.165) is 24.1 Å². The topological polar surface area (TPSA) is 106 Å². The van der Waals surface area contributed by atoms with Gasteiger partial charge in [0, 0.05) is 35.8 Å². The molecular formula is C24H28F2N4O4.